The first-order valence-corrected chi connectivity index (χ1v) is 5.43. The van der Waals surface area contributed by atoms with Crippen LogP contribution >= 0.6 is 0 Å². The van der Waals surface area contributed by atoms with Crippen molar-refractivity contribution in [2.24, 2.45) is 5.73 Å². The van der Waals surface area contributed by atoms with E-state index in [1.807, 2.05) is 0 Å². The molecule has 0 radical (unpaired) electrons. The number of nitrogens with zero attached hydrogens (tertiary/aromatic N) is 2. The second-order valence-electron chi connectivity index (χ2n) is 4.61. The molecule has 2 aromatic rings. The molecule has 0 unspecified atom stereocenters. The van der Waals surface area contributed by atoms with E-state index in [9.17, 15) is 8.78 Å². The molecule has 2 N–H and O–H groups in total. The zero-order chi connectivity index (χ0) is 13.3. The van der Waals surface area contributed by atoms with Gasteiger partial charge in [0.15, 0.2) is 5.82 Å². The molecule has 1 heterocycles. The fourth-order valence-electron chi connectivity index (χ4n) is 1.44. The molecule has 0 saturated heterocycles. The van der Waals surface area contributed by atoms with Crippen molar-refractivity contribution in [1.82, 2.24) is 10.1 Å². The minimum absolute atomic E-state index is 0.0949. The fourth-order valence-corrected chi connectivity index (χ4v) is 1.44. The van der Waals surface area contributed by atoms with E-state index in [0.717, 1.165) is 0 Å². The van der Waals surface area contributed by atoms with Gasteiger partial charge in [-0.25, -0.2) is 8.78 Å². The lowest BCUT2D eigenvalue weighted by Crippen LogP contribution is -2.30. The Balaban J connectivity index is 2.27. The second kappa shape index (κ2) is 4.45. The second-order valence-corrected chi connectivity index (χ2v) is 4.61. The Morgan fingerprint density at radius 2 is 1.89 bits per heavy atom. The zero-order valence-corrected chi connectivity index (χ0v) is 10.1. The summed E-state index contributed by atoms with van der Waals surface area (Å²) in [5, 5.41) is 3.69. The van der Waals surface area contributed by atoms with Crippen molar-refractivity contribution in [1.29, 1.82) is 0 Å². The maximum Gasteiger partial charge on any atom is 0.231 e. The van der Waals surface area contributed by atoms with Crippen LogP contribution in [0, 0.1) is 11.6 Å². The highest BCUT2D eigenvalue weighted by Crippen LogP contribution is 2.18. The molecule has 0 saturated carbocycles. The minimum Gasteiger partial charge on any atom is -0.339 e. The number of hydrogen-bond acceptors (Lipinski definition) is 4. The number of benzene rings is 1. The van der Waals surface area contributed by atoms with Crippen LogP contribution in [-0.4, -0.2) is 10.1 Å². The van der Waals surface area contributed by atoms with Crippen LogP contribution in [0.1, 0.15) is 31.1 Å². The molecule has 0 aliphatic carbocycles. The molecular weight excluding hydrogens is 240 g/mol. The quantitative estimate of drug-likeness (QED) is 0.910. The Hall–Kier alpha value is -1.82. The summed E-state index contributed by atoms with van der Waals surface area (Å²) in [7, 11) is 0. The van der Waals surface area contributed by atoms with E-state index in [4.69, 9.17) is 10.3 Å². The third kappa shape index (κ3) is 2.53. The molecule has 0 fully saturated rings. The van der Waals surface area contributed by atoms with Gasteiger partial charge in [-0.1, -0.05) is 11.2 Å². The van der Waals surface area contributed by atoms with Gasteiger partial charge in [0.2, 0.25) is 5.89 Å². The van der Waals surface area contributed by atoms with Gasteiger partial charge >= 0.3 is 0 Å². The van der Waals surface area contributed by atoms with Gasteiger partial charge in [-0.2, -0.15) is 4.98 Å². The lowest BCUT2D eigenvalue weighted by molar-refractivity contribution is 0.363. The van der Waals surface area contributed by atoms with E-state index in [1.54, 1.807) is 13.8 Å². The smallest absolute Gasteiger partial charge is 0.231 e. The molecule has 1 aromatic heterocycles. The summed E-state index contributed by atoms with van der Waals surface area (Å²) >= 11 is 0. The Kier molecular flexibility index (Phi) is 3.13. The molecule has 2 rings (SSSR count). The van der Waals surface area contributed by atoms with Crippen molar-refractivity contribution >= 4 is 0 Å². The molecule has 1 aromatic carbocycles. The van der Waals surface area contributed by atoms with Crippen LogP contribution in [0.25, 0.3) is 0 Å². The largest absolute Gasteiger partial charge is 0.339 e. The van der Waals surface area contributed by atoms with Gasteiger partial charge in [-0.3, -0.25) is 0 Å². The van der Waals surface area contributed by atoms with Crippen molar-refractivity contribution in [3.8, 4) is 0 Å². The minimum atomic E-state index is -0.754. The summed E-state index contributed by atoms with van der Waals surface area (Å²) in [5.41, 5.74) is 4.94. The van der Waals surface area contributed by atoms with E-state index < -0.39 is 17.2 Å². The third-order valence-electron chi connectivity index (χ3n) is 2.43. The zero-order valence-electron chi connectivity index (χ0n) is 10.1. The number of aromatic nitrogens is 2. The van der Waals surface area contributed by atoms with Gasteiger partial charge in [0.05, 0.1) is 12.0 Å². The number of nitrogens with two attached hydrogens (primary N) is 1. The van der Waals surface area contributed by atoms with Gasteiger partial charge in [0.25, 0.3) is 0 Å². The van der Waals surface area contributed by atoms with Crippen molar-refractivity contribution in [3.05, 3.63) is 47.1 Å². The highest BCUT2D eigenvalue weighted by molar-refractivity contribution is 5.22. The average Bonchev–Trinajstić information content (AvgIpc) is 2.72. The van der Waals surface area contributed by atoms with Crippen molar-refractivity contribution < 1.29 is 13.3 Å². The summed E-state index contributed by atoms with van der Waals surface area (Å²) in [5.74, 6) is -0.842. The lowest BCUT2D eigenvalue weighted by atomic mass is 10.1. The molecule has 96 valence electrons. The maximum absolute atomic E-state index is 13.4. The van der Waals surface area contributed by atoms with E-state index in [1.165, 1.54) is 18.2 Å². The van der Waals surface area contributed by atoms with Crippen LogP contribution in [-0.2, 0) is 12.0 Å². The highest BCUT2D eigenvalue weighted by Gasteiger charge is 2.22. The monoisotopic (exact) mass is 253 g/mol. The Labute approximate surface area is 103 Å². The number of rotatable bonds is 3. The van der Waals surface area contributed by atoms with E-state index in [0.29, 0.717) is 5.82 Å². The predicted molar refractivity (Wildman–Crippen MR) is 60.7 cm³/mol. The highest BCUT2D eigenvalue weighted by atomic mass is 19.1. The first kappa shape index (κ1) is 12.6. The molecule has 6 heteroatoms. The van der Waals surface area contributed by atoms with Crippen LogP contribution in [0.4, 0.5) is 8.78 Å². The molecule has 0 amide bonds. The van der Waals surface area contributed by atoms with Crippen LogP contribution in [0.3, 0.4) is 0 Å². The Bertz CT molecular complexity index is 540. The summed E-state index contributed by atoms with van der Waals surface area (Å²) in [6, 6.07) is 3.67. The van der Waals surface area contributed by atoms with E-state index in [-0.39, 0.29) is 17.9 Å². The first-order chi connectivity index (χ1) is 8.38. The summed E-state index contributed by atoms with van der Waals surface area (Å²) in [6.45, 7) is 3.43. The summed E-state index contributed by atoms with van der Waals surface area (Å²) < 4.78 is 31.8. The molecule has 4 nitrogen and oxygen atoms in total. The Morgan fingerprint density at radius 3 is 2.39 bits per heavy atom. The molecule has 0 aliphatic heterocycles. The normalized spacial score (nSPS) is 11.8. The van der Waals surface area contributed by atoms with Crippen molar-refractivity contribution in [2.45, 2.75) is 25.8 Å². The van der Waals surface area contributed by atoms with Crippen LogP contribution in [0.2, 0.25) is 0 Å². The SMILES string of the molecule is CC(C)(N)c1noc(Cc2c(F)cccc2F)n1. The van der Waals surface area contributed by atoms with Gasteiger partial charge < -0.3 is 10.3 Å². The van der Waals surface area contributed by atoms with Gasteiger partial charge in [0.1, 0.15) is 11.6 Å². The topological polar surface area (TPSA) is 64.9 Å². The molecule has 18 heavy (non-hydrogen) atoms. The molecule has 0 spiro atoms. The standard InChI is InChI=1S/C12H13F2N3O/c1-12(2,15)11-16-10(18-17-11)6-7-8(13)4-3-5-9(7)14/h3-5H,6,15H2,1-2H3. The van der Waals surface area contributed by atoms with E-state index >= 15 is 0 Å². The first-order valence-electron chi connectivity index (χ1n) is 5.43. The summed E-state index contributed by atoms with van der Waals surface area (Å²) in [6.07, 6.45) is -0.0956. The third-order valence-corrected chi connectivity index (χ3v) is 2.43. The molecule has 0 aliphatic rings. The van der Waals surface area contributed by atoms with Gasteiger partial charge in [0, 0.05) is 5.56 Å². The maximum atomic E-state index is 13.4. The van der Waals surface area contributed by atoms with Crippen LogP contribution < -0.4 is 5.73 Å². The molecule has 0 atom stereocenters. The van der Waals surface area contributed by atoms with Crippen LogP contribution in [0.15, 0.2) is 22.7 Å². The van der Waals surface area contributed by atoms with Crippen molar-refractivity contribution in [3.63, 3.8) is 0 Å². The number of hydrogen-bond donors (Lipinski definition) is 1. The lowest BCUT2D eigenvalue weighted by Gasteiger charge is -2.11. The Morgan fingerprint density at radius 1 is 1.28 bits per heavy atom. The van der Waals surface area contributed by atoms with E-state index in [2.05, 4.69) is 10.1 Å². The van der Waals surface area contributed by atoms with Crippen LogP contribution in [0.5, 0.6) is 0 Å². The fraction of sp³-hybridized carbons (Fsp3) is 0.333. The van der Waals surface area contributed by atoms with Gasteiger partial charge in [-0.05, 0) is 26.0 Å². The predicted octanol–water partition coefficient (Wildman–Crippen LogP) is 2.13. The van der Waals surface area contributed by atoms with Gasteiger partial charge in [-0.15, -0.1) is 0 Å². The molecule has 0 bridgehead atoms. The number of halogens is 2. The average molecular weight is 253 g/mol. The summed E-state index contributed by atoms with van der Waals surface area (Å²) in [4.78, 5) is 4.02. The molecular formula is C12H13F2N3O. The van der Waals surface area contributed by atoms with Crippen molar-refractivity contribution in [2.75, 3.05) is 0 Å².